The van der Waals surface area contributed by atoms with Crippen molar-refractivity contribution in [1.82, 2.24) is 4.90 Å². The van der Waals surface area contributed by atoms with Crippen molar-refractivity contribution >= 4 is 15.9 Å². The molecule has 7 heteroatoms. The average molecular weight is 342 g/mol. The van der Waals surface area contributed by atoms with E-state index in [-0.39, 0.29) is 19.7 Å². The Balaban J connectivity index is 2.83. The summed E-state index contributed by atoms with van der Waals surface area (Å²) >= 11 is 3.29. The number of halogens is 4. The number of benzene rings is 1. The van der Waals surface area contributed by atoms with Crippen molar-refractivity contribution in [2.45, 2.75) is 12.7 Å². The molecule has 108 valence electrons. The van der Waals surface area contributed by atoms with Crippen molar-refractivity contribution in [3.05, 3.63) is 28.2 Å². The molecule has 0 saturated carbocycles. The lowest BCUT2D eigenvalue weighted by Crippen LogP contribution is -2.35. The highest BCUT2D eigenvalue weighted by atomic mass is 79.9. The molecule has 0 saturated heterocycles. The maximum Gasteiger partial charge on any atom is 0.401 e. The highest BCUT2D eigenvalue weighted by molar-refractivity contribution is 9.10. The number of ether oxygens (including phenoxy) is 1. The molecular weight excluding hydrogens is 327 g/mol. The Labute approximate surface area is 118 Å². The van der Waals surface area contributed by atoms with Gasteiger partial charge in [0.1, 0.15) is 5.75 Å². The van der Waals surface area contributed by atoms with Crippen LogP contribution in [0, 0.1) is 0 Å². The molecule has 0 aliphatic rings. The molecule has 0 aromatic heterocycles. The standard InChI is InChI=1S/C12H15BrF3NO2/c1-19-10-2-3-11(13)9(6-10)7-17(4-5-18)8-12(14,15)16/h2-3,6,18H,4-5,7-8H2,1H3. The SMILES string of the molecule is COc1ccc(Br)c(CN(CCO)CC(F)(F)F)c1. The number of hydrogen-bond acceptors (Lipinski definition) is 3. The Bertz CT molecular complexity index is 412. The monoisotopic (exact) mass is 341 g/mol. The minimum atomic E-state index is -4.29. The van der Waals surface area contributed by atoms with Gasteiger partial charge in [-0.25, -0.2) is 0 Å². The van der Waals surface area contributed by atoms with E-state index in [9.17, 15) is 13.2 Å². The van der Waals surface area contributed by atoms with Crippen LogP contribution in [0.25, 0.3) is 0 Å². The van der Waals surface area contributed by atoms with Gasteiger partial charge in [0.25, 0.3) is 0 Å². The lowest BCUT2D eigenvalue weighted by atomic mass is 10.2. The summed E-state index contributed by atoms with van der Waals surface area (Å²) in [6, 6.07) is 5.11. The van der Waals surface area contributed by atoms with Gasteiger partial charge in [-0.3, -0.25) is 4.90 Å². The summed E-state index contributed by atoms with van der Waals surface area (Å²) in [5.74, 6) is 0.578. The van der Waals surface area contributed by atoms with Crippen LogP contribution in [0.1, 0.15) is 5.56 Å². The molecule has 0 aliphatic carbocycles. The topological polar surface area (TPSA) is 32.7 Å². The molecule has 0 unspecified atom stereocenters. The zero-order chi connectivity index (χ0) is 14.5. The molecule has 1 aromatic carbocycles. The van der Waals surface area contributed by atoms with E-state index in [0.717, 1.165) is 4.90 Å². The molecule has 0 fully saturated rings. The largest absolute Gasteiger partial charge is 0.497 e. The first kappa shape index (κ1) is 16.3. The molecule has 0 heterocycles. The molecular formula is C12H15BrF3NO2. The second-order valence-corrected chi connectivity index (χ2v) is 4.86. The Morgan fingerprint density at radius 2 is 2.05 bits per heavy atom. The number of aliphatic hydroxyl groups is 1. The smallest absolute Gasteiger partial charge is 0.401 e. The van der Waals surface area contributed by atoms with Crippen LogP contribution in [0.2, 0.25) is 0 Å². The minimum Gasteiger partial charge on any atom is -0.497 e. The summed E-state index contributed by atoms with van der Waals surface area (Å²) in [5, 5.41) is 8.84. The van der Waals surface area contributed by atoms with E-state index in [1.165, 1.54) is 7.11 Å². The minimum absolute atomic E-state index is 0.0385. The summed E-state index contributed by atoms with van der Waals surface area (Å²) in [6.45, 7) is -1.34. The molecule has 0 spiro atoms. The molecule has 3 nitrogen and oxygen atoms in total. The second kappa shape index (κ2) is 7.12. The zero-order valence-electron chi connectivity index (χ0n) is 10.4. The third kappa shape index (κ3) is 5.80. The van der Waals surface area contributed by atoms with Gasteiger partial charge in [0.15, 0.2) is 0 Å². The van der Waals surface area contributed by atoms with Gasteiger partial charge in [-0.15, -0.1) is 0 Å². The predicted molar refractivity (Wildman–Crippen MR) is 69.1 cm³/mol. The summed E-state index contributed by atoms with van der Waals surface area (Å²) in [6.07, 6.45) is -4.29. The van der Waals surface area contributed by atoms with Crippen molar-refractivity contribution in [2.24, 2.45) is 0 Å². The van der Waals surface area contributed by atoms with Crippen LogP contribution in [0.5, 0.6) is 5.75 Å². The first-order valence-corrected chi connectivity index (χ1v) is 6.37. The maximum absolute atomic E-state index is 12.4. The number of aliphatic hydroxyl groups excluding tert-OH is 1. The van der Waals surface area contributed by atoms with E-state index in [2.05, 4.69) is 15.9 Å². The van der Waals surface area contributed by atoms with E-state index in [1.54, 1.807) is 18.2 Å². The molecule has 1 rings (SSSR count). The maximum atomic E-state index is 12.4. The van der Waals surface area contributed by atoms with Gasteiger partial charge in [-0.1, -0.05) is 15.9 Å². The molecule has 1 N–H and O–H groups in total. The van der Waals surface area contributed by atoms with Gasteiger partial charge in [0.05, 0.1) is 20.3 Å². The fraction of sp³-hybridized carbons (Fsp3) is 0.500. The van der Waals surface area contributed by atoms with Crippen LogP contribution in [0.4, 0.5) is 13.2 Å². The molecule has 0 amide bonds. The second-order valence-electron chi connectivity index (χ2n) is 4.01. The molecule has 1 aromatic rings. The Kier molecular flexibility index (Phi) is 6.09. The van der Waals surface area contributed by atoms with Crippen LogP contribution in [-0.2, 0) is 6.54 Å². The highest BCUT2D eigenvalue weighted by Gasteiger charge is 2.30. The van der Waals surface area contributed by atoms with Crippen LogP contribution in [0.15, 0.2) is 22.7 Å². The molecule has 0 aliphatic heterocycles. The van der Waals surface area contributed by atoms with Gasteiger partial charge < -0.3 is 9.84 Å². The number of methoxy groups -OCH3 is 1. The zero-order valence-corrected chi connectivity index (χ0v) is 12.0. The van der Waals surface area contributed by atoms with Crippen LogP contribution >= 0.6 is 15.9 Å². The molecule has 19 heavy (non-hydrogen) atoms. The number of rotatable bonds is 6. The molecule has 0 radical (unpaired) electrons. The highest BCUT2D eigenvalue weighted by Crippen LogP contribution is 2.25. The van der Waals surface area contributed by atoms with E-state index in [4.69, 9.17) is 9.84 Å². The van der Waals surface area contributed by atoms with Crippen LogP contribution in [0.3, 0.4) is 0 Å². The van der Waals surface area contributed by atoms with Gasteiger partial charge in [0, 0.05) is 17.6 Å². The number of hydrogen-bond donors (Lipinski definition) is 1. The lowest BCUT2D eigenvalue weighted by molar-refractivity contribution is -0.148. The van der Waals surface area contributed by atoms with Crippen molar-refractivity contribution in [3.63, 3.8) is 0 Å². The van der Waals surface area contributed by atoms with Crippen LogP contribution < -0.4 is 4.74 Å². The van der Waals surface area contributed by atoms with E-state index < -0.39 is 12.7 Å². The average Bonchev–Trinajstić information content (AvgIpc) is 2.30. The molecule has 0 bridgehead atoms. The van der Waals surface area contributed by atoms with E-state index in [1.807, 2.05) is 0 Å². The van der Waals surface area contributed by atoms with Gasteiger partial charge in [-0.2, -0.15) is 13.2 Å². The summed E-state index contributed by atoms with van der Waals surface area (Å²) in [5.41, 5.74) is 0.678. The number of nitrogens with zero attached hydrogens (tertiary/aromatic N) is 1. The van der Waals surface area contributed by atoms with Crippen molar-refractivity contribution in [2.75, 3.05) is 26.8 Å². The fourth-order valence-corrected chi connectivity index (χ4v) is 2.02. The Morgan fingerprint density at radius 3 is 2.58 bits per heavy atom. The van der Waals surface area contributed by atoms with Gasteiger partial charge in [-0.05, 0) is 23.8 Å². The number of alkyl halides is 3. The van der Waals surface area contributed by atoms with Gasteiger partial charge >= 0.3 is 6.18 Å². The normalized spacial score (nSPS) is 11.9. The predicted octanol–water partition coefficient (Wildman–Crippen LogP) is 2.81. The van der Waals surface area contributed by atoms with E-state index >= 15 is 0 Å². The summed E-state index contributed by atoms with van der Waals surface area (Å²) < 4.78 is 43.0. The fourth-order valence-electron chi connectivity index (χ4n) is 1.65. The third-order valence-electron chi connectivity index (χ3n) is 2.47. The third-order valence-corrected chi connectivity index (χ3v) is 3.24. The van der Waals surface area contributed by atoms with E-state index in [0.29, 0.717) is 15.8 Å². The first-order valence-electron chi connectivity index (χ1n) is 5.58. The first-order chi connectivity index (χ1) is 8.85. The van der Waals surface area contributed by atoms with Crippen LogP contribution in [-0.4, -0.2) is 43.0 Å². The Morgan fingerprint density at radius 1 is 1.37 bits per heavy atom. The molecule has 0 atom stereocenters. The van der Waals surface area contributed by atoms with Crippen molar-refractivity contribution in [3.8, 4) is 5.75 Å². The van der Waals surface area contributed by atoms with Crippen molar-refractivity contribution in [1.29, 1.82) is 0 Å². The Hall–Kier alpha value is -0.790. The summed E-state index contributed by atoms with van der Waals surface area (Å²) in [7, 11) is 1.49. The summed E-state index contributed by atoms with van der Waals surface area (Å²) in [4.78, 5) is 1.14. The quantitative estimate of drug-likeness (QED) is 0.863. The van der Waals surface area contributed by atoms with Crippen molar-refractivity contribution < 1.29 is 23.0 Å². The van der Waals surface area contributed by atoms with Gasteiger partial charge in [0.2, 0.25) is 0 Å². The lowest BCUT2D eigenvalue weighted by Gasteiger charge is -2.23.